The van der Waals surface area contributed by atoms with E-state index < -0.39 is 28.1 Å². The van der Waals surface area contributed by atoms with E-state index in [1.807, 2.05) is 0 Å². The lowest BCUT2D eigenvalue weighted by atomic mass is 10.0. The van der Waals surface area contributed by atoms with Crippen molar-refractivity contribution in [3.05, 3.63) is 64.4 Å². The molecule has 0 amide bonds. The van der Waals surface area contributed by atoms with Gasteiger partial charge in [-0.3, -0.25) is 0 Å². The summed E-state index contributed by atoms with van der Waals surface area (Å²) in [6, 6.07) is 8.25. The number of hydrogen-bond donors (Lipinski definition) is 1. The summed E-state index contributed by atoms with van der Waals surface area (Å²) in [6.45, 7) is 1.65. The summed E-state index contributed by atoms with van der Waals surface area (Å²) in [4.78, 5) is 5.09. The minimum Gasteiger partial charge on any atom is -0.357 e. The molecule has 0 heterocycles. The quantitative estimate of drug-likeness (QED) is 0.410. The Balaban J connectivity index is 0.000000828. The van der Waals surface area contributed by atoms with Crippen LogP contribution in [0.25, 0.3) is 0 Å². The Morgan fingerprint density at radius 2 is 1.74 bits per heavy atom. The number of nitrogens with zero attached hydrogens (tertiary/aromatic N) is 1. The number of halogens is 5. The molecular weight excluding hydrogens is 412 g/mol. The van der Waals surface area contributed by atoms with Crippen LogP contribution in [0.1, 0.15) is 24.5 Å². The summed E-state index contributed by atoms with van der Waals surface area (Å²) >= 11 is 5.80. The van der Waals surface area contributed by atoms with Crippen molar-refractivity contribution in [1.82, 2.24) is 0 Å². The minimum atomic E-state index is -4.54. The van der Waals surface area contributed by atoms with Crippen LogP contribution in [0.4, 0.5) is 17.6 Å². The number of benzene rings is 2. The lowest BCUT2D eigenvalue weighted by Gasteiger charge is -2.14. The summed E-state index contributed by atoms with van der Waals surface area (Å²) in [5.41, 5.74) is -0.899. The van der Waals surface area contributed by atoms with Gasteiger partial charge in [0.25, 0.3) is 0 Å². The smallest absolute Gasteiger partial charge is 0.357 e. The third kappa shape index (κ3) is 7.75. The van der Waals surface area contributed by atoms with Crippen molar-refractivity contribution in [3.8, 4) is 5.75 Å². The molecule has 0 bridgehead atoms. The maximum absolute atomic E-state index is 13.1. The van der Waals surface area contributed by atoms with Crippen LogP contribution in [0.15, 0.2) is 47.6 Å². The fraction of sp³-hybridized carbons (Fsp3) is 0.188. The van der Waals surface area contributed by atoms with Crippen molar-refractivity contribution in [2.24, 2.45) is 5.16 Å². The minimum absolute atomic E-state index is 0.0872. The first-order valence-corrected chi connectivity index (χ1v) is 8.67. The van der Waals surface area contributed by atoms with Crippen LogP contribution >= 0.6 is 11.6 Å². The highest BCUT2D eigenvalue weighted by Crippen LogP contribution is 2.34. The number of rotatable bonds is 4. The van der Waals surface area contributed by atoms with Gasteiger partial charge in [0.2, 0.25) is 0 Å². The van der Waals surface area contributed by atoms with Gasteiger partial charge in [-0.25, -0.2) is 4.39 Å². The Hall–Kier alpha value is -2.46. The van der Waals surface area contributed by atoms with Gasteiger partial charge < -0.3 is 4.84 Å². The standard InChI is InChI=1S/C16H12ClF4NO.HNO2S/c1-2-15(22-23-12-6-4-11(18)5-7-12)13-9-10(17)3-8-14(13)16(19,20)21;1-4(2)3/h3-9H,2H2,1H3;1H/b22-15+;. The molecule has 0 atom stereocenters. The third-order valence-corrected chi connectivity index (χ3v) is 3.24. The molecule has 0 aliphatic heterocycles. The molecule has 2 aromatic rings. The van der Waals surface area contributed by atoms with Crippen LogP contribution in [0, 0.1) is 10.6 Å². The molecule has 0 aliphatic rings. The maximum atomic E-state index is 13.1. The van der Waals surface area contributed by atoms with Crippen LogP contribution in [-0.2, 0) is 16.7 Å². The molecule has 0 spiro atoms. The van der Waals surface area contributed by atoms with Gasteiger partial charge in [0.1, 0.15) is 5.82 Å². The molecule has 0 saturated carbocycles. The molecule has 2 aromatic carbocycles. The van der Waals surface area contributed by atoms with Crippen molar-refractivity contribution >= 4 is 27.8 Å². The number of oxime groups is 1. The summed E-state index contributed by atoms with van der Waals surface area (Å²) in [6.07, 6.45) is -4.34. The second-order valence-corrected chi connectivity index (χ2v) is 5.76. The molecule has 11 heteroatoms. The zero-order chi connectivity index (χ0) is 20.6. The molecular formula is C16H13ClF4N2O3S. The Kier molecular flexibility index (Phi) is 8.38. The van der Waals surface area contributed by atoms with E-state index in [-0.39, 0.29) is 28.5 Å². The van der Waals surface area contributed by atoms with E-state index in [9.17, 15) is 17.6 Å². The highest BCUT2D eigenvalue weighted by atomic mass is 35.5. The normalized spacial score (nSPS) is 11.4. The van der Waals surface area contributed by atoms with Crippen molar-refractivity contribution in [2.75, 3.05) is 0 Å². The zero-order valence-corrected chi connectivity index (χ0v) is 15.3. The van der Waals surface area contributed by atoms with Gasteiger partial charge in [0.05, 0.1) is 11.3 Å². The molecule has 0 aliphatic carbocycles. The SMILES string of the molecule is CC/C(=N\Oc1ccc(F)cc1)c1cc(Cl)ccc1C(F)(F)F.N=S(=O)=O. The van der Waals surface area contributed by atoms with Gasteiger partial charge in [0, 0.05) is 10.6 Å². The van der Waals surface area contributed by atoms with E-state index in [4.69, 9.17) is 29.6 Å². The van der Waals surface area contributed by atoms with Crippen LogP contribution in [0.3, 0.4) is 0 Å². The molecule has 146 valence electrons. The van der Waals surface area contributed by atoms with Gasteiger partial charge in [0.15, 0.2) is 5.75 Å². The molecule has 0 fully saturated rings. The monoisotopic (exact) mass is 424 g/mol. The highest BCUT2D eigenvalue weighted by molar-refractivity contribution is 7.60. The van der Waals surface area contributed by atoms with Crippen molar-refractivity contribution in [3.63, 3.8) is 0 Å². The first-order valence-electron chi connectivity index (χ1n) is 7.21. The largest absolute Gasteiger partial charge is 0.417 e. The van der Waals surface area contributed by atoms with E-state index in [0.29, 0.717) is 0 Å². The average molecular weight is 425 g/mol. The topological polar surface area (TPSA) is 79.6 Å². The van der Waals surface area contributed by atoms with Crippen LogP contribution in [0.2, 0.25) is 5.02 Å². The fourth-order valence-electron chi connectivity index (χ4n) is 1.91. The molecule has 0 aromatic heterocycles. The van der Waals surface area contributed by atoms with E-state index in [2.05, 4.69) is 5.16 Å². The molecule has 27 heavy (non-hydrogen) atoms. The van der Waals surface area contributed by atoms with E-state index >= 15 is 0 Å². The second kappa shape index (κ2) is 10.0. The summed E-state index contributed by atoms with van der Waals surface area (Å²) in [5, 5.41) is 3.93. The Morgan fingerprint density at radius 3 is 2.22 bits per heavy atom. The molecule has 5 nitrogen and oxygen atoms in total. The molecule has 0 saturated heterocycles. The number of alkyl halides is 3. The Labute approximate surface area is 158 Å². The Morgan fingerprint density at radius 1 is 1.19 bits per heavy atom. The van der Waals surface area contributed by atoms with Gasteiger partial charge in [-0.2, -0.15) is 26.4 Å². The van der Waals surface area contributed by atoms with Gasteiger partial charge in [-0.15, -0.1) is 0 Å². The van der Waals surface area contributed by atoms with Crippen molar-refractivity contribution < 1.29 is 30.8 Å². The van der Waals surface area contributed by atoms with Crippen LogP contribution in [-0.4, -0.2) is 14.1 Å². The van der Waals surface area contributed by atoms with Gasteiger partial charge in [-0.1, -0.05) is 23.7 Å². The highest BCUT2D eigenvalue weighted by Gasteiger charge is 2.34. The summed E-state index contributed by atoms with van der Waals surface area (Å²) in [7, 11) is -2.61. The van der Waals surface area contributed by atoms with Gasteiger partial charge >= 0.3 is 16.7 Å². The van der Waals surface area contributed by atoms with Crippen molar-refractivity contribution in [2.45, 2.75) is 19.5 Å². The van der Waals surface area contributed by atoms with Crippen LogP contribution in [0.5, 0.6) is 5.75 Å². The summed E-state index contributed by atoms with van der Waals surface area (Å²) in [5.74, 6) is -0.237. The fourth-order valence-corrected chi connectivity index (χ4v) is 2.08. The maximum Gasteiger partial charge on any atom is 0.417 e. The average Bonchev–Trinajstić information content (AvgIpc) is 2.55. The lowest BCUT2D eigenvalue weighted by Crippen LogP contribution is -2.14. The molecule has 1 N–H and O–H groups in total. The number of hydrogen-bond acceptors (Lipinski definition) is 5. The first kappa shape index (κ1) is 22.6. The molecule has 0 unspecified atom stereocenters. The second-order valence-electron chi connectivity index (χ2n) is 4.86. The van der Waals surface area contributed by atoms with E-state index in [1.165, 1.54) is 24.3 Å². The predicted molar refractivity (Wildman–Crippen MR) is 91.9 cm³/mol. The van der Waals surface area contributed by atoms with E-state index in [1.54, 1.807) is 6.92 Å². The summed E-state index contributed by atoms with van der Waals surface area (Å²) < 4.78 is 75.0. The van der Waals surface area contributed by atoms with Gasteiger partial charge in [-0.05, 0) is 48.9 Å². The number of nitrogens with one attached hydrogen (secondary N) is 1. The Bertz CT molecular complexity index is 908. The predicted octanol–water partition coefficient (Wildman–Crippen LogP) is 5.32. The third-order valence-electron chi connectivity index (χ3n) is 3.01. The zero-order valence-electron chi connectivity index (χ0n) is 13.7. The molecule has 2 rings (SSSR count). The van der Waals surface area contributed by atoms with Crippen LogP contribution < -0.4 is 4.84 Å². The lowest BCUT2D eigenvalue weighted by molar-refractivity contribution is -0.137. The first-order chi connectivity index (χ1) is 12.5. The van der Waals surface area contributed by atoms with Crippen molar-refractivity contribution in [1.29, 1.82) is 4.78 Å². The van der Waals surface area contributed by atoms with E-state index in [0.717, 1.165) is 18.2 Å². The molecule has 0 radical (unpaired) electrons.